The van der Waals surface area contributed by atoms with E-state index in [0.29, 0.717) is 28.8 Å². The molecule has 0 spiro atoms. The summed E-state index contributed by atoms with van der Waals surface area (Å²) in [5.74, 6) is -0.413. The molecule has 20 heavy (non-hydrogen) atoms. The Morgan fingerprint density at radius 1 is 1.50 bits per heavy atom. The number of carbonyl (C=O) groups excluding carboxylic acids is 1. The first kappa shape index (κ1) is 13.8. The molecule has 0 aliphatic carbocycles. The largest absolute Gasteiger partial charge is 0.458 e. The van der Waals surface area contributed by atoms with E-state index in [1.54, 1.807) is 18.3 Å². The van der Waals surface area contributed by atoms with Gasteiger partial charge in [-0.1, -0.05) is 18.7 Å². The maximum Gasteiger partial charge on any atom is 0.339 e. The van der Waals surface area contributed by atoms with Crippen LogP contribution < -0.4 is 5.43 Å². The van der Waals surface area contributed by atoms with Crippen LogP contribution in [0.3, 0.4) is 0 Å². The maximum atomic E-state index is 12.0. The molecule has 6 heteroatoms. The number of carbonyl (C=O) groups is 1. The molecule has 0 radical (unpaired) electrons. The normalized spacial score (nSPS) is 10.2. The second-order valence-electron chi connectivity index (χ2n) is 4.14. The Kier molecular flexibility index (Phi) is 4.14. The summed E-state index contributed by atoms with van der Waals surface area (Å²) in [6.07, 6.45) is 4.82. The standard InChI is InChI=1S/C14H16N4O2/c1-4-6-15-18-13-12(9-16-18)11(8-10(3)17-13)14(19)20-7-5-2/h4-5,8-9,15H,1-2,6-7H2,3H3. The van der Waals surface area contributed by atoms with Crippen molar-refractivity contribution in [3.63, 3.8) is 0 Å². The van der Waals surface area contributed by atoms with Crippen LogP contribution in [-0.2, 0) is 4.74 Å². The smallest absolute Gasteiger partial charge is 0.339 e. The number of pyridine rings is 1. The zero-order chi connectivity index (χ0) is 14.5. The van der Waals surface area contributed by atoms with Crippen molar-refractivity contribution in [3.8, 4) is 0 Å². The molecule has 2 rings (SSSR count). The second kappa shape index (κ2) is 6.01. The minimum atomic E-state index is -0.413. The van der Waals surface area contributed by atoms with Crippen molar-refractivity contribution in [2.75, 3.05) is 18.6 Å². The molecule has 2 heterocycles. The highest BCUT2D eigenvalue weighted by molar-refractivity contribution is 6.02. The van der Waals surface area contributed by atoms with Crippen molar-refractivity contribution in [2.45, 2.75) is 6.92 Å². The Balaban J connectivity index is 2.44. The predicted octanol–water partition coefficient (Wildman–Crippen LogP) is 1.81. The fourth-order valence-electron chi connectivity index (χ4n) is 1.77. The van der Waals surface area contributed by atoms with Crippen molar-refractivity contribution in [3.05, 3.63) is 48.8 Å². The molecule has 0 fully saturated rings. The average Bonchev–Trinajstić information content (AvgIpc) is 2.84. The summed E-state index contributed by atoms with van der Waals surface area (Å²) in [4.78, 5) is 17.9. The highest BCUT2D eigenvalue weighted by atomic mass is 16.5. The van der Waals surface area contributed by atoms with Gasteiger partial charge in [-0.25, -0.2) is 9.78 Å². The minimum Gasteiger partial charge on any atom is -0.458 e. The van der Waals surface area contributed by atoms with Crippen LogP contribution in [0, 0.1) is 6.92 Å². The van der Waals surface area contributed by atoms with Crippen LogP contribution in [0.25, 0.3) is 11.0 Å². The third-order valence-corrected chi connectivity index (χ3v) is 2.61. The number of nitrogens with one attached hydrogen (secondary N) is 1. The van der Waals surface area contributed by atoms with Crippen LogP contribution in [0.2, 0.25) is 0 Å². The fraction of sp³-hybridized carbons (Fsp3) is 0.214. The van der Waals surface area contributed by atoms with Gasteiger partial charge in [0.2, 0.25) is 0 Å². The van der Waals surface area contributed by atoms with Gasteiger partial charge in [0.1, 0.15) is 6.61 Å². The van der Waals surface area contributed by atoms with Crippen molar-refractivity contribution in [1.29, 1.82) is 0 Å². The van der Waals surface area contributed by atoms with Crippen LogP contribution in [-0.4, -0.2) is 34.0 Å². The lowest BCUT2D eigenvalue weighted by Crippen LogP contribution is -2.16. The fourth-order valence-corrected chi connectivity index (χ4v) is 1.77. The molecule has 104 valence electrons. The van der Waals surface area contributed by atoms with Gasteiger partial charge < -0.3 is 10.2 Å². The number of aryl methyl sites for hydroxylation is 1. The molecule has 0 unspecified atom stereocenters. The number of hydrogen-bond acceptors (Lipinski definition) is 5. The lowest BCUT2D eigenvalue weighted by atomic mass is 10.1. The van der Waals surface area contributed by atoms with E-state index in [-0.39, 0.29) is 6.61 Å². The molecule has 0 saturated heterocycles. The quantitative estimate of drug-likeness (QED) is 0.641. The van der Waals surface area contributed by atoms with Crippen LogP contribution in [0.1, 0.15) is 16.1 Å². The van der Waals surface area contributed by atoms with Crippen molar-refractivity contribution >= 4 is 17.0 Å². The molecule has 0 atom stereocenters. The summed E-state index contributed by atoms with van der Waals surface area (Å²) in [5, 5.41) is 4.80. The van der Waals surface area contributed by atoms with E-state index in [4.69, 9.17) is 4.74 Å². The molecule has 2 aromatic heterocycles. The first-order valence-electron chi connectivity index (χ1n) is 6.15. The van der Waals surface area contributed by atoms with Crippen LogP contribution in [0.4, 0.5) is 0 Å². The molecule has 0 saturated carbocycles. The van der Waals surface area contributed by atoms with Gasteiger partial charge in [0.25, 0.3) is 0 Å². The molecule has 0 aliphatic rings. The molecular weight excluding hydrogens is 256 g/mol. The van der Waals surface area contributed by atoms with Gasteiger partial charge in [0.05, 0.1) is 23.7 Å². The number of fused-ring (bicyclic) bond motifs is 1. The number of aromatic nitrogens is 3. The lowest BCUT2D eigenvalue weighted by molar-refractivity contribution is 0.0552. The Hall–Kier alpha value is -2.63. The van der Waals surface area contributed by atoms with E-state index >= 15 is 0 Å². The van der Waals surface area contributed by atoms with E-state index in [9.17, 15) is 4.79 Å². The van der Waals surface area contributed by atoms with E-state index in [2.05, 4.69) is 28.7 Å². The molecule has 1 N–H and O–H groups in total. The Bertz CT molecular complexity index is 660. The van der Waals surface area contributed by atoms with Crippen LogP contribution >= 0.6 is 0 Å². The highest BCUT2D eigenvalue weighted by Gasteiger charge is 2.16. The van der Waals surface area contributed by atoms with E-state index in [1.807, 2.05) is 6.92 Å². The van der Waals surface area contributed by atoms with E-state index in [0.717, 1.165) is 0 Å². The molecule has 0 amide bonds. The van der Waals surface area contributed by atoms with Crippen LogP contribution in [0.15, 0.2) is 37.6 Å². The Labute approximate surface area is 116 Å². The first-order chi connectivity index (χ1) is 9.67. The highest BCUT2D eigenvalue weighted by Crippen LogP contribution is 2.18. The lowest BCUT2D eigenvalue weighted by Gasteiger charge is -2.07. The maximum absolute atomic E-state index is 12.0. The number of ether oxygens (including phenoxy) is 1. The second-order valence-corrected chi connectivity index (χ2v) is 4.14. The summed E-state index contributed by atoms with van der Waals surface area (Å²) in [5.41, 5.74) is 4.75. The number of esters is 1. The topological polar surface area (TPSA) is 69.0 Å². The van der Waals surface area contributed by atoms with Gasteiger partial charge in [-0.2, -0.15) is 9.89 Å². The van der Waals surface area contributed by atoms with Crippen molar-refractivity contribution in [1.82, 2.24) is 14.9 Å². The summed E-state index contributed by atoms with van der Waals surface area (Å²) < 4.78 is 5.07. The van der Waals surface area contributed by atoms with Gasteiger partial charge in [-0.3, -0.25) is 0 Å². The van der Waals surface area contributed by atoms with Crippen molar-refractivity contribution in [2.24, 2.45) is 0 Å². The number of nitrogens with zero attached hydrogens (tertiary/aromatic N) is 3. The molecule has 0 aliphatic heterocycles. The van der Waals surface area contributed by atoms with Gasteiger partial charge in [0, 0.05) is 5.69 Å². The third-order valence-electron chi connectivity index (χ3n) is 2.61. The van der Waals surface area contributed by atoms with E-state index < -0.39 is 5.97 Å². The summed E-state index contributed by atoms with van der Waals surface area (Å²) >= 11 is 0. The minimum absolute atomic E-state index is 0.171. The molecule has 0 bridgehead atoms. The summed E-state index contributed by atoms with van der Waals surface area (Å²) in [6.45, 7) is 9.68. The molecular formula is C14H16N4O2. The number of hydrogen-bond donors (Lipinski definition) is 1. The third kappa shape index (κ3) is 2.69. The average molecular weight is 272 g/mol. The van der Waals surface area contributed by atoms with Gasteiger partial charge in [0.15, 0.2) is 5.65 Å². The molecule has 6 nitrogen and oxygen atoms in total. The van der Waals surface area contributed by atoms with Gasteiger partial charge in [-0.05, 0) is 13.0 Å². The summed E-state index contributed by atoms with van der Waals surface area (Å²) in [7, 11) is 0. The van der Waals surface area contributed by atoms with E-state index in [1.165, 1.54) is 10.9 Å². The van der Waals surface area contributed by atoms with Gasteiger partial charge >= 0.3 is 5.97 Å². The predicted molar refractivity (Wildman–Crippen MR) is 77.2 cm³/mol. The zero-order valence-electron chi connectivity index (χ0n) is 11.3. The van der Waals surface area contributed by atoms with Crippen molar-refractivity contribution < 1.29 is 9.53 Å². The number of rotatable bonds is 6. The first-order valence-corrected chi connectivity index (χ1v) is 6.15. The van der Waals surface area contributed by atoms with Gasteiger partial charge in [-0.15, -0.1) is 6.58 Å². The molecule has 2 aromatic rings. The zero-order valence-corrected chi connectivity index (χ0v) is 11.3. The Morgan fingerprint density at radius 2 is 2.30 bits per heavy atom. The molecule has 0 aromatic carbocycles. The monoisotopic (exact) mass is 272 g/mol. The summed E-state index contributed by atoms with van der Waals surface area (Å²) in [6, 6.07) is 1.69. The Morgan fingerprint density at radius 3 is 3.00 bits per heavy atom. The SMILES string of the molecule is C=CCNn1ncc2c(C(=O)OCC=C)cc(C)nc21. The van der Waals surface area contributed by atoms with Crippen LogP contribution in [0.5, 0.6) is 0 Å².